The van der Waals surface area contributed by atoms with Gasteiger partial charge >= 0.3 is 0 Å². The van der Waals surface area contributed by atoms with E-state index in [9.17, 15) is 0 Å². The Hall–Kier alpha value is -6.92. The van der Waals surface area contributed by atoms with Crippen LogP contribution in [0.1, 0.15) is 18.3 Å². The van der Waals surface area contributed by atoms with E-state index in [0.29, 0.717) is 34.9 Å². The van der Waals surface area contributed by atoms with Crippen molar-refractivity contribution < 1.29 is 0 Å². The van der Waals surface area contributed by atoms with Crippen LogP contribution in [0.4, 0.5) is 0 Å². The molecule has 2 aromatic heterocycles. The minimum absolute atomic E-state index is 0.185. The van der Waals surface area contributed by atoms with Gasteiger partial charge in [0.1, 0.15) is 0 Å². The molecule has 0 amide bonds. The van der Waals surface area contributed by atoms with Crippen LogP contribution in [0.25, 0.3) is 84.1 Å². The van der Waals surface area contributed by atoms with E-state index in [0.717, 1.165) is 50.4 Å². The van der Waals surface area contributed by atoms with E-state index in [4.69, 9.17) is 29.9 Å². The van der Waals surface area contributed by atoms with E-state index in [1.165, 1.54) is 21.7 Å². The molecule has 0 saturated carbocycles. The van der Waals surface area contributed by atoms with Crippen molar-refractivity contribution in [3.8, 4) is 56.9 Å². The van der Waals surface area contributed by atoms with Gasteiger partial charge < -0.3 is 0 Å². The first-order valence-corrected chi connectivity index (χ1v) is 17.9. The van der Waals surface area contributed by atoms with Crippen LogP contribution in [0.3, 0.4) is 0 Å². The molecule has 0 radical (unpaired) electrons. The van der Waals surface area contributed by atoms with Crippen LogP contribution < -0.4 is 5.22 Å². The summed E-state index contributed by atoms with van der Waals surface area (Å²) in [7, 11) is 0. The molecule has 0 N–H and O–H groups in total. The minimum Gasteiger partial charge on any atom is -0.208 e. The average Bonchev–Trinajstić information content (AvgIpc) is 3.23. The van der Waals surface area contributed by atoms with E-state index < -0.39 is 0 Å². The van der Waals surface area contributed by atoms with Crippen molar-refractivity contribution in [1.29, 1.82) is 0 Å². The van der Waals surface area contributed by atoms with Crippen molar-refractivity contribution in [3.63, 3.8) is 0 Å². The zero-order valence-corrected chi connectivity index (χ0v) is 29.0. The summed E-state index contributed by atoms with van der Waals surface area (Å²) in [6.45, 7) is 2.28. The molecule has 1 aliphatic rings. The Morgan fingerprint density at radius 3 is 1.32 bits per heavy atom. The Labute approximate surface area is 306 Å². The van der Waals surface area contributed by atoms with Crippen molar-refractivity contribution >= 4 is 27.1 Å². The van der Waals surface area contributed by atoms with E-state index in [1.54, 1.807) is 0 Å². The van der Waals surface area contributed by atoms with E-state index in [2.05, 4.69) is 67.6 Å². The van der Waals surface area contributed by atoms with Crippen LogP contribution in [0, 0.1) is 5.92 Å². The van der Waals surface area contributed by atoms with Crippen LogP contribution in [0.2, 0.25) is 0 Å². The molecule has 7 aromatic carbocycles. The summed E-state index contributed by atoms with van der Waals surface area (Å²) in [4.78, 5) is 30.5. The second-order valence-corrected chi connectivity index (χ2v) is 13.6. The molecule has 6 nitrogen and oxygen atoms in total. The zero-order valence-electron chi connectivity index (χ0n) is 29.0. The Balaban J connectivity index is 1.23. The highest BCUT2D eigenvalue weighted by atomic mass is 15.0. The Morgan fingerprint density at radius 1 is 0.396 bits per heavy atom. The number of benzene rings is 7. The molecule has 6 heteroatoms. The van der Waals surface area contributed by atoms with Gasteiger partial charge in [-0.1, -0.05) is 159 Å². The molecule has 53 heavy (non-hydrogen) atoms. The predicted octanol–water partition coefficient (Wildman–Crippen LogP) is 9.81. The van der Waals surface area contributed by atoms with Crippen LogP contribution in [-0.2, 0) is 6.42 Å². The van der Waals surface area contributed by atoms with E-state index >= 15 is 0 Å². The van der Waals surface area contributed by atoms with Crippen molar-refractivity contribution in [2.45, 2.75) is 13.3 Å². The van der Waals surface area contributed by atoms with Crippen LogP contribution in [0.5, 0.6) is 0 Å². The first-order valence-electron chi connectivity index (χ1n) is 17.9. The van der Waals surface area contributed by atoms with Gasteiger partial charge in [0.25, 0.3) is 0 Å². The monoisotopic (exact) mass is 680 g/mol. The molecule has 10 rings (SSSR count). The second-order valence-electron chi connectivity index (χ2n) is 13.6. The third kappa shape index (κ3) is 5.43. The van der Waals surface area contributed by atoms with Gasteiger partial charge in [0.05, 0.1) is 0 Å². The van der Waals surface area contributed by atoms with Gasteiger partial charge in [-0.15, -0.1) is 0 Å². The largest absolute Gasteiger partial charge is 0.208 e. The molecule has 0 spiro atoms. The Morgan fingerprint density at radius 2 is 0.830 bits per heavy atom. The lowest BCUT2D eigenvalue weighted by Gasteiger charge is -2.25. The van der Waals surface area contributed by atoms with Crippen molar-refractivity contribution in [1.82, 2.24) is 29.9 Å². The molecule has 9 aromatic rings. The molecule has 0 saturated heterocycles. The highest BCUT2D eigenvalue weighted by Gasteiger charge is 2.26. The lowest BCUT2D eigenvalue weighted by molar-refractivity contribution is 0.727. The summed E-state index contributed by atoms with van der Waals surface area (Å²) < 4.78 is 0. The SMILES string of the molecule is CC1Cc2ccc3c(-c4nc(-c5ccccc5)nc(-c5ccccc5)n4)ccc4ccc(c2c43)=C1c1nc(-c2ccccc2)nc(-c2ccccc2)n1. The average molecular weight is 681 g/mol. The summed E-state index contributed by atoms with van der Waals surface area (Å²) in [5.74, 6) is 4.16. The first kappa shape index (κ1) is 30.9. The summed E-state index contributed by atoms with van der Waals surface area (Å²) >= 11 is 0. The Kier molecular flexibility index (Phi) is 7.39. The number of nitrogens with zero attached hydrogens (tertiary/aromatic N) is 6. The molecule has 0 fully saturated rings. The van der Waals surface area contributed by atoms with Gasteiger partial charge in [-0.25, -0.2) is 29.9 Å². The maximum absolute atomic E-state index is 5.18. The molecule has 1 aliphatic carbocycles. The Bertz CT molecular complexity index is 2740. The summed E-state index contributed by atoms with van der Waals surface area (Å²) in [6.07, 6.45) is 0.872. The van der Waals surface area contributed by atoms with Crippen LogP contribution >= 0.6 is 0 Å². The highest BCUT2D eigenvalue weighted by molar-refractivity contribution is 6.16. The molecule has 0 bridgehead atoms. The summed E-state index contributed by atoms with van der Waals surface area (Å²) in [6, 6.07) is 54.0. The molecule has 250 valence electrons. The van der Waals surface area contributed by atoms with Gasteiger partial charge in [0.2, 0.25) is 0 Å². The zero-order chi connectivity index (χ0) is 35.3. The van der Waals surface area contributed by atoms with Crippen molar-refractivity contribution in [2.75, 3.05) is 0 Å². The smallest absolute Gasteiger partial charge is 0.164 e. The quantitative estimate of drug-likeness (QED) is 0.174. The number of aromatic nitrogens is 6. The fraction of sp³-hybridized carbons (Fsp3) is 0.0638. The lowest BCUT2D eigenvalue weighted by atomic mass is 9.80. The number of hydrogen-bond acceptors (Lipinski definition) is 6. The van der Waals surface area contributed by atoms with Gasteiger partial charge in [-0.2, -0.15) is 0 Å². The molecule has 0 aliphatic heterocycles. The molecule has 2 heterocycles. The van der Waals surface area contributed by atoms with Crippen molar-refractivity contribution in [3.05, 3.63) is 174 Å². The predicted molar refractivity (Wildman–Crippen MR) is 212 cm³/mol. The third-order valence-corrected chi connectivity index (χ3v) is 10.2. The van der Waals surface area contributed by atoms with E-state index in [-0.39, 0.29) is 5.92 Å². The normalized spacial score (nSPS) is 13.8. The number of hydrogen-bond donors (Lipinski definition) is 0. The third-order valence-electron chi connectivity index (χ3n) is 10.2. The fourth-order valence-electron chi connectivity index (χ4n) is 7.71. The van der Waals surface area contributed by atoms with Crippen LogP contribution in [-0.4, -0.2) is 29.9 Å². The fourth-order valence-corrected chi connectivity index (χ4v) is 7.71. The van der Waals surface area contributed by atoms with Gasteiger partial charge in [-0.3, -0.25) is 0 Å². The summed E-state index contributed by atoms with van der Waals surface area (Å²) in [5.41, 5.74) is 7.23. The summed E-state index contributed by atoms with van der Waals surface area (Å²) in [5, 5.41) is 5.86. The van der Waals surface area contributed by atoms with E-state index in [1.807, 2.05) is 97.1 Å². The number of rotatable bonds is 6. The topological polar surface area (TPSA) is 77.3 Å². The van der Waals surface area contributed by atoms with Gasteiger partial charge in [0, 0.05) is 33.4 Å². The minimum atomic E-state index is 0.185. The maximum Gasteiger partial charge on any atom is 0.164 e. The standard InChI is InChI=1S/C47H32N6/c1-29-28-35-24-25-36-37(46-50-42(31-14-6-2-7-15-31)48-43(51-46)32-16-8-3-9-17-32)26-22-30-23-27-38(41(35)40(30)36)39(29)47-52-44(33-18-10-4-11-19-33)49-45(53-47)34-20-12-5-13-21-34/h2-27,29H,28H2,1H3. The lowest BCUT2D eigenvalue weighted by Crippen LogP contribution is -2.24. The van der Waals surface area contributed by atoms with Crippen LogP contribution in [0.15, 0.2) is 158 Å². The molecule has 1 unspecified atom stereocenters. The highest BCUT2D eigenvalue weighted by Crippen LogP contribution is 2.39. The second kappa shape index (κ2) is 12.7. The van der Waals surface area contributed by atoms with Gasteiger partial charge in [0.15, 0.2) is 34.9 Å². The molecule has 1 atom stereocenters. The first-order chi connectivity index (χ1) is 26.2. The molecular weight excluding hydrogens is 649 g/mol. The maximum atomic E-state index is 5.18. The van der Waals surface area contributed by atoms with Gasteiger partial charge in [-0.05, 0) is 50.7 Å². The molecular formula is C47H32N6. The van der Waals surface area contributed by atoms with Crippen molar-refractivity contribution in [2.24, 2.45) is 5.92 Å².